The van der Waals surface area contributed by atoms with E-state index in [1.54, 1.807) is 6.08 Å². The molecular weight excluding hydrogens is 190 g/mol. The Morgan fingerprint density at radius 1 is 1.13 bits per heavy atom. The SMILES string of the molecule is CCC/C=C\C/C=C/C=C/C=NNN=O. The minimum atomic E-state index is 0.940. The first-order valence-electron chi connectivity index (χ1n) is 4.99. The molecule has 0 aromatic rings. The maximum Gasteiger partial charge on any atom is 0.0722 e. The molecule has 0 aromatic carbocycles. The maximum absolute atomic E-state index is 9.54. The van der Waals surface area contributed by atoms with E-state index in [0.29, 0.717) is 0 Å². The highest BCUT2D eigenvalue weighted by Gasteiger charge is 1.72. The second kappa shape index (κ2) is 12.3. The van der Waals surface area contributed by atoms with Crippen molar-refractivity contribution in [2.24, 2.45) is 10.4 Å². The molecule has 15 heavy (non-hydrogen) atoms. The van der Waals surface area contributed by atoms with Crippen molar-refractivity contribution in [3.8, 4) is 0 Å². The largest absolute Gasteiger partial charge is 0.164 e. The van der Waals surface area contributed by atoms with Crippen LogP contribution in [0, 0.1) is 4.91 Å². The molecule has 0 fully saturated rings. The van der Waals surface area contributed by atoms with Crippen LogP contribution in [0.15, 0.2) is 46.8 Å². The third-order valence-electron chi connectivity index (χ3n) is 1.51. The predicted molar refractivity (Wildman–Crippen MR) is 64.4 cm³/mol. The van der Waals surface area contributed by atoms with Crippen LogP contribution in [0.3, 0.4) is 0 Å². The average molecular weight is 207 g/mol. The van der Waals surface area contributed by atoms with Crippen molar-refractivity contribution < 1.29 is 0 Å². The molecule has 0 saturated carbocycles. The normalized spacial score (nSPS) is 12.3. The van der Waals surface area contributed by atoms with Crippen LogP contribution in [-0.4, -0.2) is 6.21 Å². The fourth-order valence-electron chi connectivity index (χ4n) is 0.830. The van der Waals surface area contributed by atoms with Crippen LogP contribution in [0.25, 0.3) is 0 Å². The van der Waals surface area contributed by atoms with E-state index in [0.717, 1.165) is 12.8 Å². The predicted octanol–water partition coefficient (Wildman–Crippen LogP) is 3.10. The van der Waals surface area contributed by atoms with E-state index in [4.69, 9.17) is 0 Å². The van der Waals surface area contributed by atoms with Gasteiger partial charge in [0.2, 0.25) is 0 Å². The van der Waals surface area contributed by atoms with Crippen LogP contribution in [0.4, 0.5) is 0 Å². The number of nitroso groups, excluding NO2 is 1. The van der Waals surface area contributed by atoms with Crippen molar-refractivity contribution >= 4 is 6.21 Å². The van der Waals surface area contributed by atoms with Gasteiger partial charge in [0, 0.05) is 6.21 Å². The first-order chi connectivity index (χ1) is 7.41. The molecule has 82 valence electrons. The standard InChI is InChI=1S/C11H17N3O/c1-2-3-4-5-6-7-8-9-10-11-12-13-14-15/h4-5,7-11H,2-3,6H2,1H3,(H,13,15)/b5-4-,8-7+,10-9+,12-11?. The number of allylic oxidation sites excluding steroid dienone is 6. The molecule has 0 spiro atoms. The van der Waals surface area contributed by atoms with Crippen LogP contribution in [-0.2, 0) is 0 Å². The Bertz CT molecular complexity index is 255. The Morgan fingerprint density at radius 3 is 2.73 bits per heavy atom. The van der Waals surface area contributed by atoms with Crippen molar-refractivity contribution in [2.45, 2.75) is 26.2 Å². The number of hydrogen-bond donors (Lipinski definition) is 1. The van der Waals surface area contributed by atoms with Gasteiger partial charge in [-0.05, 0) is 18.9 Å². The van der Waals surface area contributed by atoms with Crippen molar-refractivity contribution in [3.05, 3.63) is 41.4 Å². The van der Waals surface area contributed by atoms with Gasteiger partial charge in [-0.15, -0.1) is 4.91 Å². The average Bonchev–Trinajstić information content (AvgIpc) is 2.26. The summed E-state index contributed by atoms with van der Waals surface area (Å²) in [5, 5.41) is 5.81. The van der Waals surface area contributed by atoms with E-state index in [1.165, 1.54) is 12.6 Å². The monoisotopic (exact) mass is 207 g/mol. The highest BCUT2D eigenvalue weighted by Crippen LogP contribution is 1.92. The van der Waals surface area contributed by atoms with Gasteiger partial charge in [-0.1, -0.05) is 43.7 Å². The van der Waals surface area contributed by atoms with Crippen molar-refractivity contribution in [1.82, 2.24) is 5.53 Å². The topological polar surface area (TPSA) is 53.8 Å². The molecule has 0 aliphatic heterocycles. The molecule has 4 heteroatoms. The number of hydrogen-bond acceptors (Lipinski definition) is 3. The summed E-state index contributed by atoms with van der Waals surface area (Å²) in [5.74, 6) is 0. The number of nitrogens with zero attached hydrogens (tertiary/aromatic N) is 2. The van der Waals surface area contributed by atoms with Crippen LogP contribution < -0.4 is 5.53 Å². The van der Waals surface area contributed by atoms with Crippen LogP contribution in [0.1, 0.15) is 26.2 Å². The molecule has 1 N–H and O–H groups in total. The van der Waals surface area contributed by atoms with Gasteiger partial charge in [-0.25, -0.2) is 0 Å². The number of unbranched alkanes of at least 4 members (excludes halogenated alkanes) is 1. The maximum atomic E-state index is 9.54. The molecule has 4 nitrogen and oxygen atoms in total. The molecule has 0 aliphatic carbocycles. The Balaban J connectivity index is 3.48. The lowest BCUT2D eigenvalue weighted by Crippen LogP contribution is -1.89. The van der Waals surface area contributed by atoms with Gasteiger partial charge in [0.25, 0.3) is 0 Å². The zero-order valence-electron chi connectivity index (χ0n) is 8.97. The zero-order chi connectivity index (χ0) is 11.2. The number of hydrazone groups is 1. The van der Waals surface area contributed by atoms with E-state index in [-0.39, 0.29) is 0 Å². The van der Waals surface area contributed by atoms with Gasteiger partial charge < -0.3 is 0 Å². The van der Waals surface area contributed by atoms with Gasteiger partial charge in [-0.3, -0.25) is 0 Å². The molecule has 0 unspecified atom stereocenters. The first-order valence-corrected chi connectivity index (χ1v) is 4.99. The van der Waals surface area contributed by atoms with Crippen molar-refractivity contribution in [2.75, 3.05) is 0 Å². The summed E-state index contributed by atoms with van der Waals surface area (Å²) in [7, 11) is 0. The smallest absolute Gasteiger partial charge is 0.0722 e. The molecule has 0 heterocycles. The fraction of sp³-hybridized carbons (Fsp3) is 0.364. The molecule has 0 radical (unpaired) electrons. The van der Waals surface area contributed by atoms with Gasteiger partial charge in [0.05, 0.1) is 5.29 Å². The summed E-state index contributed by atoms with van der Waals surface area (Å²) in [6.45, 7) is 2.16. The summed E-state index contributed by atoms with van der Waals surface area (Å²) in [4.78, 5) is 9.54. The van der Waals surface area contributed by atoms with E-state index in [2.05, 4.69) is 29.5 Å². The first kappa shape index (κ1) is 13.3. The lowest BCUT2D eigenvalue weighted by atomic mass is 10.2. The van der Waals surface area contributed by atoms with Crippen LogP contribution in [0.5, 0.6) is 0 Å². The number of rotatable bonds is 8. The van der Waals surface area contributed by atoms with Crippen LogP contribution in [0.2, 0.25) is 0 Å². The molecule has 0 aromatic heterocycles. The summed E-state index contributed by atoms with van der Waals surface area (Å²) in [6.07, 6.45) is 16.6. The highest BCUT2D eigenvalue weighted by atomic mass is 16.3. The van der Waals surface area contributed by atoms with Gasteiger partial charge in [-0.2, -0.15) is 10.6 Å². The third-order valence-corrected chi connectivity index (χ3v) is 1.51. The van der Waals surface area contributed by atoms with Crippen LogP contribution >= 0.6 is 0 Å². The molecule has 0 aliphatic rings. The zero-order valence-corrected chi connectivity index (χ0v) is 8.97. The molecule has 0 amide bonds. The quantitative estimate of drug-likeness (QED) is 0.218. The van der Waals surface area contributed by atoms with E-state index in [1.807, 2.05) is 23.8 Å². The fourth-order valence-corrected chi connectivity index (χ4v) is 0.830. The lowest BCUT2D eigenvalue weighted by Gasteiger charge is -1.82. The van der Waals surface area contributed by atoms with E-state index >= 15 is 0 Å². The third kappa shape index (κ3) is 12.3. The van der Waals surface area contributed by atoms with Gasteiger partial charge in [0.1, 0.15) is 0 Å². The summed E-state index contributed by atoms with van der Waals surface area (Å²) < 4.78 is 0. The Hall–Kier alpha value is -1.71. The summed E-state index contributed by atoms with van der Waals surface area (Å²) in [5.41, 5.74) is 1.93. The van der Waals surface area contributed by atoms with Crippen molar-refractivity contribution in [1.29, 1.82) is 0 Å². The molecule has 0 bridgehead atoms. The van der Waals surface area contributed by atoms with Crippen molar-refractivity contribution in [3.63, 3.8) is 0 Å². The number of nitrogens with one attached hydrogen (secondary N) is 1. The lowest BCUT2D eigenvalue weighted by molar-refractivity contribution is 0.804. The molecule has 0 rings (SSSR count). The Kier molecular flexibility index (Phi) is 10.9. The summed E-state index contributed by atoms with van der Waals surface area (Å²) >= 11 is 0. The second-order valence-corrected chi connectivity index (χ2v) is 2.78. The van der Waals surface area contributed by atoms with E-state index in [9.17, 15) is 4.91 Å². The molecule has 0 atom stereocenters. The highest BCUT2D eigenvalue weighted by molar-refractivity contribution is 5.71. The minimum Gasteiger partial charge on any atom is -0.164 e. The second-order valence-electron chi connectivity index (χ2n) is 2.78. The Morgan fingerprint density at radius 2 is 2.00 bits per heavy atom. The summed E-state index contributed by atoms with van der Waals surface area (Å²) in [6, 6.07) is 0. The van der Waals surface area contributed by atoms with E-state index < -0.39 is 0 Å². The molecule has 0 saturated heterocycles. The van der Waals surface area contributed by atoms with Gasteiger partial charge in [0.15, 0.2) is 0 Å². The minimum absolute atomic E-state index is 0.940. The molecular formula is C11H17N3O. The van der Waals surface area contributed by atoms with Gasteiger partial charge >= 0.3 is 0 Å². The Labute approximate surface area is 90.4 Å².